The van der Waals surface area contributed by atoms with Crippen molar-refractivity contribution in [2.45, 2.75) is 26.7 Å². The molecule has 0 atom stereocenters. The Bertz CT molecular complexity index is 1110. The summed E-state index contributed by atoms with van der Waals surface area (Å²) in [7, 11) is 3.98. The van der Waals surface area contributed by atoms with E-state index < -0.39 is 5.91 Å². The number of carbonyl (C=O) groups is 1. The minimum Gasteiger partial charge on any atom is -0.378 e. The van der Waals surface area contributed by atoms with Crippen LogP contribution < -0.4 is 16.1 Å². The highest BCUT2D eigenvalue weighted by atomic mass is 16.6. The fourth-order valence-corrected chi connectivity index (χ4v) is 2.79. The van der Waals surface area contributed by atoms with Gasteiger partial charge in [0.05, 0.1) is 11.4 Å². The molecule has 0 radical (unpaired) electrons. The average molecular weight is 423 g/mol. The second-order valence-electron chi connectivity index (χ2n) is 7.38. The first-order chi connectivity index (χ1) is 14.8. The minimum absolute atomic E-state index is 0.0522. The minimum atomic E-state index is -0.493. The third kappa shape index (κ3) is 4.94. The van der Waals surface area contributed by atoms with Crippen molar-refractivity contribution in [3.8, 4) is 5.82 Å². The number of nitrogen functional groups attached to an aromatic ring is 1. The van der Waals surface area contributed by atoms with Crippen LogP contribution in [0.2, 0.25) is 0 Å². The fraction of sp³-hybridized carbons (Fsp3) is 0.300. The van der Waals surface area contributed by atoms with Crippen LogP contribution in [0.4, 0.5) is 11.5 Å². The van der Waals surface area contributed by atoms with E-state index >= 15 is 0 Å². The summed E-state index contributed by atoms with van der Waals surface area (Å²) < 4.78 is 5.97. The summed E-state index contributed by atoms with van der Waals surface area (Å²) in [6.07, 6.45) is 3.73. The molecule has 0 aliphatic heterocycles. The first kappa shape index (κ1) is 21.7. The molecule has 0 unspecified atom stereocenters. The van der Waals surface area contributed by atoms with Crippen molar-refractivity contribution in [3.05, 3.63) is 47.3 Å². The number of nitrogens with one attached hydrogen (secondary N) is 1. The molecule has 11 heteroatoms. The maximum Gasteiger partial charge on any atom is 0.293 e. The van der Waals surface area contributed by atoms with E-state index in [2.05, 4.69) is 35.8 Å². The Hall–Kier alpha value is -4.02. The van der Waals surface area contributed by atoms with E-state index in [-0.39, 0.29) is 23.2 Å². The van der Waals surface area contributed by atoms with Gasteiger partial charge in [0.15, 0.2) is 5.69 Å². The molecule has 3 aromatic rings. The molecule has 2 heterocycles. The van der Waals surface area contributed by atoms with Gasteiger partial charge in [-0.2, -0.15) is 9.78 Å². The lowest BCUT2D eigenvalue weighted by atomic mass is 10.1. The number of rotatable bonds is 7. The number of carbonyl (C=O) groups excluding carboxylic acids is 1. The van der Waals surface area contributed by atoms with Gasteiger partial charge in [-0.1, -0.05) is 37.3 Å². The summed E-state index contributed by atoms with van der Waals surface area (Å²) in [5.41, 5.74) is 11.7. The van der Waals surface area contributed by atoms with Gasteiger partial charge in [-0.15, -0.1) is 5.10 Å². The number of aromatic nitrogens is 5. The van der Waals surface area contributed by atoms with Crippen LogP contribution in [0, 0.1) is 0 Å². The Labute approximate surface area is 179 Å². The van der Waals surface area contributed by atoms with Gasteiger partial charge in [-0.05, 0) is 46.9 Å². The molecule has 0 bridgehead atoms. The van der Waals surface area contributed by atoms with Crippen LogP contribution >= 0.6 is 0 Å². The number of hydrogen-bond donors (Lipinski definition) is 2. The van der Waals surface area contributed by atoms with Crippen LogP contribution in [0.1, 0.15) is 48.4 Å². The predicted octanol–water partition coefficient (Wildman–Crippen LogP) is 2.24. The maximum atomic E-state index is 12.7. The fourth-order valence-electron chi connectivity index (χ4n) is 2.79. The van der Waals surface area contributed by atoms with Gasteiger partial charge in [0.2, 0.25) is 11.6 Å². The molecule has 0 aliphatic rings. The van der Waals surface area contributed by atoms with Gasteiger partial charge < -0.3 is 10.6 Å². The topological polar surface area (TPSA) is 140 Å². The lowest BCUT2D eigenvalue weighted by molar-refractivity contribution is 0.0948. The summed E-state index contributed by atoms with van der Waals surface area (Å²) in [4.78, 5) is 14.7. The maximum absolute atomic E-state index is 12.7. The van der Waals surface area contributed by atoms with E-state index in [1.807, 2.05) is 69.3 Å². The molecule has 1 amide bonds. The van der Waals surface area contributed by atoms with Gasteiger partial charge in [-0.3, -0.25) is 4.79 Å². The lowest BCUT2D eigenvalue weighted by Gasteiger charge is -2.11. The van der Waals surface area contributed by atoms with Crippen molar-refractivity contribution in [1.29, 1.82) is 0 Å². The molecule has 0 aliphatic carbocycles. The summed E-state index contributed by atoms with van der Waals surface area (Å²) in [5, 5.41) is 19.3. The lowest BCUT2D eigenvalue weighted by Crippen LogP contribution is -2.21. The van der Waals surface area contributed by atoms with Crippen LogP contribution in [0.3, 0.4) is 0 Å². The first-order valence-corrected chi connectivity index (χ1v) is 9.62. The number of hydrogen-bond acceptors (Lipinski definition) is 9. The van der Waals surface area contributed by atoms with Crippen LogP contribution in [-0.2, 0) is 0 Å². The van der Waals surface area contributed by atoms with Crippen molar-refractivity contribution in [2.75, 3.05) is 24.7 Å². The zero-order valence-electron chi connectivity index (χ0n) is 18.1. The molecule has 162 valence electrons. The van der Waals surface area contributed by atoms with Crippen molar-refractivity contribution < 1.29 is 9.42 Å². The quantitative estimate of drug-likeness (QED) is 0.435. The molecule has 3 N–H and O–H groups in total. The van der Waals surface area contributed by atoms with E-state index in [9.17, 15) is 4.79 Å². The Morgan fingerprint density at radius 3 is 2.55 bits per heavy atom. The zero-order valence-corrected chi connectivity index (χ0v) is 18.1. The smallest absolute Gasteiger partial charge is 0.293 e. The highest BCUT2D eigenvalue weighted by Crippen LogP contribution is 2.22. The highest BCUT2D eigenvalue weighted by molar-refractivity contribution is 5.99. The number of nitrogens with zero attached hydrogens (tertiary/aromatic N) is 7. The van der Waals surface area contributed by atoms with E-state index in [0.29, 0.717) is 11.4 Å². The van der Waals surface area contributed by atoms with Gasteiger partial charge in [-0.25, -0.2) is 10.1 Å². The largest absolute Gasteiger partial charge is 0.378 e. The monoisotopic (exact) mass is 423 g/mol. The standard InChI is InChI=1S/C20H25N9O2/c1-12(2)17-16(23-27-29(17)19-18(21)25-31-26-19)20(30)24-22-13(3)6-7-14-8-10-15(11-9-14)28(4)5/h6-12H,1-5H3,(H2,21,25)(H,24,30)/b7-6+,22-13-. The number of benzene rings is 1. The molecular weight excluding hydrogens is 398 g/mol. The van der Waals surface area contributed by atoms with E-state index in [1.54, 1.807) is 6.92 Å². The van der Waals surface area contributed by atoms with Crippen molar-refractivity contribution in [3.63, 3.8) is 0 Å². The van der Waals surface area contributed by atoms with Crippen LogP contribution in [0.5, 0.6) is 0 Å². The Balaban J connectivity index is 1.73. The molecule has 11 nitrogen and oxygen atoms in total. The second kappa shape index (κ2) is 9.20. The summed E-state index contributed by atoms with van der Waals surface area (Å²) in [6.45, 7) is 5.58. The number of amides is 1. The molecule has 0 saturated carbocycles. The van der Waals surface area contributed by atoms with E-state index in [4.69, 9.17) is 5.73 Å². The predicted molar refractivity (Wildman–Crippen MR) is 118 cm³/mol. The van der Waals surface area contributed by atoms with Crippen molar-refractivity contribution in [2.24, 2.45) is 5.10 Å². The van der Waals surface area contributed by atoms with E-state index in [0.717, 1.165) is 11.3 Å². The Kier molecular flexibility index (Phi) is 6.43. The van der Waals surface area contributed by atoms with Gasteiger partial charge >= 0.3 is 0 Å². The molecular formula is C20H25N9O2. The SMILES string of the molecule is CC(/C=C/c1ccc(N(C)C)cc1)=N/NC(=O)c1nnn(-c2nonc2N)c1C(C)C. The third-order valence-electron chi connectivity index (χ3n) is 4.42. The molecule has 1 aromatic carbocycles. The molecule has 2 aromatic heterocycles. The van der Waals surface area contributed by atoms with Crippen molar-refractivity contribution in [1.82, 2.24) is 30.7 Å². The van der Waals surface area contributed by atoms with Crippen molar-refractivity contribution >= 4 is 29.2 Å². The normalized spacial score (nSPS) is 12.0. The van der Waals surface area contributed by atoms with Gasteiger partial charge in [0.1, 0.15) is 0 Å². The second-order valence-corrected chi connectivity index (χ2v) is 7.38. The number of nitrogens with two attached hydrogens (primary N) is 1. The summed E-state index contributed by atoms with van der Waals surface area (Å²) >= 11 is 0. The molecule has 0 saturated heterocycles. The Morgan fingerprint density at radius 1 is 1.26 bits per heavy atom. The summed E-state index contributed by atoms with van der Waals surface area (Å²) in [6, 6.07) is 8.08. The number of allylic oxidation sites excluding steroid dienone is 1. The third-order valence-corrected chi connectivity index (χ3v) is 4.42. The number of anilines is 2. The molecule has 31 heavy (non-hydrogen) atoms. The summed E-state index contributed by atoms with van der Waals surface area (Å²) in [5.74, 6) is -0.357. The molecule has 0 fully saturated rings. The average Bonchev–Trinajstić information content (AvgIpc) is 3.36. The Morgan fingerprint density at radius 2 is 1.97 bits per heavy atom. The number of hydrazone groups is 1. The first-order valence-electron chi connectivity index (χ1n) is 9.62. The zero-order chi connectivity index (χ0) is 22.5. The molecule has 3 rings (SSSR count). The van der Waals surface area contributed by atoms with E-state index in [1.165, 1.54) is 4.68 Å². The van der Waals surface area contributed by atoms with Gasteiger partial charge in [0, 0.05) is 19.8 Å². The molecule has 0 spiro atoms. The van der Waals surface area contributed by atoms with Crippen LogP contribution in [0.25, 0.3) is 11.9 Å². The van der Waals surface area contributed by atoms with Crippen LogP contribution in [0.15, 0.2) is 40.1 Å². The van der Waals surface area contributed by atoms with Crippen LogP contribution in [-0.4, -0.2) is 51.0 Å². The van der Waals surface area contributed by atoms with Gasteiger partial charge in [0.25, 0.3) is 5.91 Å². The highest BCUT2D eigenvalue weighted by Gasteiger charge is 2.25.